The molecule has 1 aromatic carbocycles. The maximum atomic E-state index is 11.0. The number of hydrogen-bond donors (Lipinski definition) is 1. The van der Waals surface area contributed by atoms with Crippen molar-refractivity contribution in [1.29, 1.82) is 0 Å². The highest BCUT2D eigenvalue weighted by atomic mass is 16.6. The van der Waals surface area contributed by atoms with Crippen LogP contribution in [0, 0.1) is 10.1 Å². The van der Waals surface area contributed by atoms with Crippen LogP contribution in [0.2, 0.25) is 0 Å². The lowest BCUT2D eigenvalue weighted by atomic mass is 10.2. The Morgan fingerprint density at radius 3 is 2.17 bits per heavy atom. The van der Waals surface area contributed by atoms with Crippen molar-refractivity contribution in [2.75, 3.05) is 0 Å². The van der Waals surface area contributed by atoms with Crippen LogP contribution in [-0.2, 0) is 9.59 Å². The number of amidine groups is 1. The van der Waals surface area contributed by atoms with Crippen LogP contribution in [0.15, 0.2) is 29.3 Å². The van der Waals surface area contributed by atoms with E-state index in [4.69, 9.17) is 0 Å². The average molecular weight is 249 g/mol. The molecule has 0 aliphatic heterocycles. The minimum absolute atomic E-state index is 0.0740. The van der Waals surface area contributed by atoms with Gasteiger partial charge in [-0.2, -0.15) is 4.99 Å². The zero-order chi connectivity index (χ0) is 13.7. The maximum absolute atomic E-state index is 11.0. The Hall–Kier alpha value is -2.57. The third kappa shape index (κ3) is 3.78. The molecule has 0 unspecified atom stereocenters. The number of aliphatic imine (C=N–C) groups is 1. The number of benzene rings is 1. The normalized spacial score (nSPS) is 10.9. The molecular weight excluding hydrogens is 238 g/mol. The largest absolute Gasteiger partial charge is 0.310 e. The van der Waals surface area contributed by atoms with Crippen molar-refractivity contribution in [3.63, 3.8) is 0 Å². The minimum Gasteiger partial charge on any atom is -0.310 e. The number of rotatable bonds is 2. The van der Waals surface area contributed by atoms with Gasteiger partial charge in [-0.1, -0.05) is 0 Å². The number of nitro benzene ring substituents is 1. The molecule has 0 radical (unpaired) electrons. The Labute approximate surface area is 103 Å². The minimum atomic E-state index is -0.538. The zero-order valence-corrected chi connectivity index (χ0v) is 9.84. The van der Waals surface area contributed by atoms with Gasteiger partial charge in [0.15, 0.2) is 0 Å². The Morgan fingerprint density at radius 1 is 1.22 bits per heavy atom. The van der Waals surface area contributed by atoms with E-state index in [9.17, 15) is 19.7 Å². The van der Waals surface area contributed by atoms with E-state index in [-0.39, 0.29) is 17.4 Å². The fourth-order valence-electron chi connectivity index (χ4n) is 1.23. The van der Waals surface area contributed by atoms with E-state index < -0.39 is 10.8 Å². The van der Waals surface area contributed by atoms with Crippen LogP contribution in [0.4, 0.5) is 5.69 Å². The van der Waals surface area contributed by atoms with Crippen molar-refractivity contribution < 1.29 is 14.5 Å². The highest BCUT2D eigenvalue weighted by molar-refractivity contribution is 6.11. The van der Waals surface area contributed by atoms with Crippen LogP contribution in [0.3, 0.4) is 0 Å². The first-order chi connectivity index (χ1) is 8.40. The quantitative estimate of drug-likeness (QED) is 0.366. The summed E-state index contributed by atoms with van der Waals surface area (Å²) in [4.78, 5) is 35.5. The number of hydrogen-bond acceptors (Lipinski definition) is 4. The summed E-state index contributed by atoms with van der Waals surface area (Å²) in [6, 6.07) is 5.37. The molecule has 0 heterocycles. The number of carbonyl (C=O) groups is 2. The van der Waals surface area contributed by atoms with Gasteiger partial charge in [0.05, 0.1) is 4.92 Å². The molecule has 0 atom stereocenters. The molecule has 94 valence electrons. The molecule has 1 rings (SSSR count). The van der Waals surface area contributed by atoms with Crippen molar-refractivity contribution >= 4 is 23.3 Å². The second-order valence-electron chi connectivity index (χ2n) is 3.46. The fraction of sp³-hybridized carbons (Fsp3) is 0.182. The highest BCUT2D eigenvalue weighted by Gasteiger charge is 2.09. The lowest BCUT2D eigenvalue weighted by molar-refractivity contribution is -0.384. The third-order valence-corrected chi connectivity index (χ3v) is 1.92. The van der Waals surface area contributed by atoms with Crippen molar-refractivity contribution in [2.24, 2.45) is 4.99 Å². The summed E-state index contributed by atoms with van der Waals surface area (Å²) < 4.78 is 0. The van der Waals surface area contributed by atoms with Crippen LogP contribution >= 0.6 is 0 Å². The standard InChI is InChI=1S/C11H11N3O4/c1-7(15)12-11(13-8(2)16)9-3-5-10(6-4-9)14(17)18/h3-6H,1-2H3,(H,12,13,15,16). The molecule has 2 amide bonds. The average Bonchev–Trinajstić information content (AvgIpc) is 2.27. The highest BCUT2D eigenvalue weighted by Crippen LogP contribution is 2.12. The van der Waals surface area contributed by atoms with Crippen molar-refractivity contribution in [1.82, 2.24) is 5.32 Å². The second kappa shape index (κ2) is 5.67. The van der Waals surface area contributed by atoms with Gasteiger partial charge in [-0.15, -0.1) is 0 Å². The summed E-state index contributed by atoms with van der Waals surface area (Å²) in [6.45, 7) is 2.52. The fourth-order valence-corrected chi connectivity index (χ4v) is 1.23. The SMILES string of the molecule is CC(=O)N=C(NC(C)=O)c1ccc([N+](=O)[O-])cc1. The topological polar surface area (TPSA) is 102 Å². The molecule has 1 aromatic rings. The number of nitrogens with zero attached hydrogens (tertiary/aromatic N) is 2. The molecule has 18 heavy (non-hydrogen) atoms. The van der Waals surface area contributed by atoms with E-state index in [1.54, 1.807) is 0 Å². The van der Waals surface area contributed by atoms with Gasteiger partial charge in [-0.25, -0.2) is 0 Å². The van der Waals surface area contributed by atoms with Gasteiger partial charge < -0.3 is 5.32 Å². The van der Waals surface area contributed by atoms with E-state index in [0.717, 1.165) is 0 Å². The van der Waals surface area contributed by atoms with E-state index in [1.807, 2.05) is 0 Å². The number of carbonyl (C=O) groups excluding carboxylic acids is 2. The van der Waals surface area contributed by atoms with Crippen molar-refractivity contribution in [3.05, 3.63) is 39.9 Å². The van der Waals surface area contributed by atoms with Gasteiger partial charge in [0, 0.05) is 31.5 Å². The van der Waals surface area contributed by atoms with E-state index in [2.05, 4.69) is 10.3 Å². The molecule has 7 nitrogen and oxygen atoms in total. The monoisotopic (exact) mass is 249 g/mol. The van der Waals surface area contributed by atoms with E-state index in [0.29, 0.717) is 5.56 Å². The van der Waals surface area contributed by atoms with Gasteiger partial charge in [0.2, 0.25) is 11.8 Å². The van der Waals surface area contributed by atoms with Crippen molar-refractivity contribution in [2.45, 2.75) is 13.8 Å². The number of amides is 2. The Bertz CT molecular complexity index is 520. The molecule has 1 N–H and O–H groups in total. The molecule has 0 saturated heterocycles. The van der Waals surface area contributed by atoms with Gasteiger partial charge >= 0.3 is 0 Å². The Kier molecular flexibility index (Phi) is 4.25. The Morgan fingerprint density at radius 2 is 1.78 bits per heavy atom. The van der Waals surface area contributed by atoms with E-state index >= 15 is 0 Å². The summed E-state index contributed by atoms with van der Waals surface area (Å²) in [6.07, 6.45) is 0. The molecule has 0 bridgehead atoms. The lowest BCUT2D eigenvalue weighted by Gasteiger charge is -2.05. The van der Waals surface area contributed by atoms with Crippen LogP contribution in [0.5, 0.6) is 0 Å². The van der Waals surface area contributed by atoms with Gasteiger partial charge in [0.1, 0.15) is 5.84 Å². The number of non-ortho nitro benzene ring substituents is 1. The molecule has 0 spiro atoms. The molecule has 0 saturated carbocycles. The summed E-state index contributed by atoms with van der Waals surface area (Å²) in [5.74, 6) is -0.782. The smallest absolute Gasteiger partial charge is 0.269 e. The summed E-state index contributed by atoms with van der Waals surface area (Å²) in [7, 11) is 0. The maximum Gasteiger partial charge on any atom is 0.269 e. The molecule has 0 aliphatic rings. The molecule has 0 fully saturated rings. The van der Waals surface area contributed by atoms with Crippen LogP contribution in [0.1, 0.15) is 19.4 Å². The first kappa shape index (κ1) is 13.5. The summed E-state index contributed by atoms with van der Waals surface area (Å²) in [5, 5.41) is 12.9. The van der Waals surface area contributed by atoms with Gasteiger partial charge in [0.25, 0.3) is 5.69 Å². The molecule has 0 aromatic heterocycles. The predicted molar refractivity (Wildman–Crippen MR) is 64.1 cm³/mol. The van der Waals surface area contributed by atoms with E-state index in [1.165, 1.54) is 38.1 Å². The van der Waals surface area contributed by atoms with Crippen LogP contribution in [0.25, 0.3) is 0 Å². The first-order valence-electron chi connectivity index (χ1n) is 5.02. The van der Waals surface area contributed by atoms with Gasteiger partial charge in [-0.3, -0.25) is 19.7 Å². The first-order valence-corrected chi connectivity index (χ1v) is 5.02. The summed E-state index contributed by atoms with van der Waals surface area (Å²) >= 11 is 0. The molecule has 0 aliphatic carbocycles. The Balaban J connectivity index is 3.10. The second-order valence-corrected chi connectivity index (χ2v) is 3.46. The predicted octanol–water partition coefficient (Wildman–Crippen LogP) is 1.02. The third-order valence-electron chi connectivity index (χ3n) is 1.92. The van der Waals surface area contributed by atoms with Crippen LogP contribution in [-0.4, -0.2) is 22.6 Å². The zero-order valence-electron chi connectivity index (χ0n) is 9.84. The molecule has 7 heteroatoms. The van der Waals surface area contributed by atoms with Crippen molar-refractivity contribution in [3.8, 4) is 0 Å². The molecular formula is C11H11N3O4. The lowest BCUT2D eigenvalue weighted by Crippen LogP contribution is -2.29. The van der Waals surface area contributed by atoms with Crippen LogP contribution < -0.4 is 5.32 Å². The number of nitro groups is 1. The van der Waals surface area contributed by atoms with Gasteiger partial charge in [-0.05, 0) is 12.1 Å². The number of nitrogens with one attached hydrogen (secondary N) is 1. The summed E-state index contributed by atoms with van der Waals surface area (Å²) in [5.41, 5.74) is 0.342.